The summed E-state index contributed by atoms with van der Waals surface area (Å²) in [5.74, 6) is 0. The van der Waals surface area contributed by atoms with Gasteiger partial charge in [0.05, 0.1) is 19.0 Å². The van der Waals surface area contributed by atoms with Crippen LogP contribution < -0.4 is 9.75 Å². The Hall–Kier alpha value is -2.62. The topological polar surface area (TPSA) is 3.88 Å². The summed E-state index contributed by atoms with van der Waals surface area (Å²) in [6, 6.07) is 23.1. The zero-order valence-electron chi connectivity index (χ0n) is 18.7. The van der Waals surface area contributed by atoms with Crippen molar-refractivity contribution in [2.75, 3.05) is 0 Å². The average Bonchev–Trinajstić information content (AvgIpc) is 2.74. The molecule has 0 spiro atoms. The van der Waals surface area contributed by atoms with E-state index >= 15 is 0 Å². The predicted octanol–water partition coefficient (Wildman–Crippen LogP) is 6.96. The maximum Gasteiger partial charge on any atom is 0.222 e. The molecule has 152 valence electrons. The van der Waals surface area contributed by atoms with Crippen LogP contribution in [0.25, 0.3) is 43.6 Å². The van der Waals surface area contributed by atoms with Gasteiger partial charge >= 0.3 is 0 Å². The second kappa shape index (κ2) is 6.44. The van der Waals surface area contributed by atoms with Crippen LogP contribution in [0.4, 0.5) is 0 Å². The van der Waals surface area contributed by atoms with Gasteiger partial charge in [-0.2, -0.15) is 0 Å². The van der Waals surface area contributed by atoms with Crippen LogP contribution in [-0.4, -0.2) is 8.07 Å². The van der Waals surface area contributed by atoms with Gasteiger partial charge in [0.25, 0.3) is 0 Å². The van der Waals surface area contributed by atoms with Crippen LogP contribution in [-0.2, 0) is 7.05 Å². The molecule has 2 heterocycles. The molecule has 0 amide bonds. The van der Waals surface area contributed by atoms with Gasteiger partial charge in [0.2, 0.25) is 5.69 Å². The van der Waals surface area contributed by atoms with Gasteiger partial charge in [0, 0.05) is 21.2 Å². The van der Waals surface area contributed by atoms with E-state index in [-0.39, 0.29) is 0 Å². The van der Waals surface area contributed by atoms with Gasteiger partial charge in [-0.05, 0) is 46.2 Å². The lowest BCUT2D eigenvalue weighted by Crippen LogP contribution is -2.37. The summed E-state index contributed by atoms with van der Waals surface area (Å²) in [5.41, 5.74) is 4.13. The second-order valence-corrected chi connectivity index (χ2v) is 16.0. The first-order chi connectivity index (χ1) is 14.8. The predicted molar refractivity (Wildman–Crippen MR) is 137 cm³/mol. The van der Waals surface area contributed by atoms with Crippen LogP contribution in [0.3, 0.4) is 0 Å². The molecule has 0 atom stereocenters. The fourth-order valence-electron chi connectivity index (χ4n) is 5.09. The molecule has 1 aliphatic heterocycles. The Labute approximate surface area is 188 Å². The molecule has 5 aromatic rings. The Morgan fingerprint density at radius 3 is 2.32 bits per heavy atom. The molecule has 0 N–H and O–H groups in total. The minimum absolute atomic E-state index is 1.32. The lowest BCUT2D eigenvalue weighted by Gasteiger charge is -2.23. The Bertz CT molecular complexity index is 1560. The SMILES string of the molecule is Cc1c2c(cc3ccccc13)Sc1cc3ccc([Si](C)(C)C)cc3c3cc[n+](C)c-2c13. The first-order valence-corrected chi connectivity index (χ1v) is 15.2. The quantitative estimate of drug-likeness (QED) is 0.153. The van der Waals surface area contributed by atoms with E-state index in [0.717, 1.165) is 0 Å². The van der Waals surface area contributed by atoms with Crippen molar-refractivity contribution in [1.29, 1.82) is 0 Å². The van der Waals surface area contributed by atoms with Gasteiger partial charge in [-0.3, -0.25) is 0 Å². The molecular weight excluding hydrogens is 410 g/mol. The van der Waals surface area contributed by atoms with Crippen LogP contribution >= 0.6 is 11.8 Å². The summed E-state index contributed by atoms with van der Waals surface area (Å²) in [6.45, 7) is 9.58. The third-order valence-corrected chi connectivity index (χ3v) is 9.92. The molecule has 3 heteroatoms. The highest BCUT2D eigenvalue weighted by atomic mass is 32.2. The molecule has 0 bridgehead atoms. The van der Waals surface area contributed by atoms with Crippen molar-refractivity contribution in [2.24, 2.45) is 7.05 Å². The highest BCUT2D eigenvalue weighted by Crippen LogP contribution is 2.50. The van der Waals surface area contributed by atoms with Gasteiger partial charge in [-0.25, -0.2) is 4.57 Å². The monoisotopic (exact) mass is 436 g/mol. The Kier molecular flexibility index (Phi) is 3.97. The zero-order valence-corrected chi connectivity index (χ0v) is 20.5. The minimum Gasteiger partial charge on any atom is -0.200 e. The molecule has 6 rings (SSSR count). The first-order valence-electron chi connectivity index (χ1n) is 10.9. The molecule has 0 saturated heterocycles. The maximum absolute atomic E-state index is 2.47. The number of aryl methyl sites for hydroxylation is 2. The van der Waals surface area contributed by atoms with Crippen molar-refractivity contribution in [3.05, 3.63) is 72.4 Å². The van der Waals surface area contributed by atoms with Crippen molar-refractivity contribution in [3.8, 4) is 11.3 Å². The van der Waals surface area contributed by atoms with Gasteiger partial charge < -0.3 is 0 Å². The van der Waals surface area contributed by atoms with E-state index in [2.05, 4.69) is 105 Å². The molecule has 0 aliphatic carbocycles. The van der Waals surface area contributed by atoms with E-state index in [1.54, 1.807) is 0 Å². The molecule has 31 heavy (non-hydrogen) atoms. The van der Waals surface area contributed by atoms with E-state index in [1.807, 2.05) is 11.8 Å². The van der Waals surface area contributed by atoms with E-state index in [1.165, 1.54) is 64.1 Å². The Balaban J connectivity index is 1.78. The molecule has 4 aromatic carbocycles. The normalized spacial score (nSPS) is 13.2. The number of pyridine rings is 1. The van der Waals surface area contributed by atoms with Crippen molar-refractivity contribution >= 4 is 57.3 Å². The molecule has 1 aliphatic rings. The largest absolute Gasteiger partial charge is 0.222 e. The standard InChI is InChI=1S/C28H26NSSi/c1-17-21-9-7-6-8-18(21)14-24-26(17)28-27-22(12-13-29(28)2)23-16-20(31(3,4)5)11-10-19(23)15-25(27)30-24/h6-16H,1-5H3/q+1. The van der Waals surface area contributed by atoms with E-state index < -0.39 is 8.07 Å². The van der Waals surface area contributed by atoms with E-state index in [9.17, 15) is 0 Å². The molecule has 0 unspecified atom stereocenters. The molecule has 0 radical (unpaired) electrons. The Morgan fingerprint density at radius 1 is 0.774 bits per heavy atom. The highest BCUT2D eigenvalue weighted by molar-refractivity contribution is 7.99. The number of hydrogen-bond donors (Lipinski definition) is 0. The first kappa shape index (κ1) is 19.1. The fourth-order valence-corrected chi connectivity index (χ4v) is 7.52. The van der Waals surface area contributed by atoms with Crippen LogP contribution in [0.15, 0.2) is 76.7 Å². The van der Waals surface area contributed by atoms with Crippen molar-refractivity contribution in [3.63, 3.8) is 0 Å². The fraction of sp³-hybridized carbons (Fsp3) is 0.179. The van der Waals surface area contributed by atoms with Gasteiger partial charge in [-0.15, -0.1) is 0 Å². The number of rotatable bonds is 1. The molecule has 0 fully saturated rings. The third-order valence-electron chi connectivity index (χ3n) is 6.80. The zero-order chi connectivity index (χ0) is 21.5. The highest BCUT2D eigenvalue weighted by Gasteiger charge is 2.30. The lowest BCUT2D eigenvalue weighted by atomic mass is 9.93. The van der Waals surface area contributed by atoms with Gasteiger partial charge in [-0.1, -0.05) is 79.1 Å². The van der Waals surface area contributed by atoms with E-state index in [4.69, 9.17) is 0 Å². The average molecular weight is 437 g/mol. The van der Waals surface area contributed by atoms with E-state index in [0.29, 0.717) is 0 Å². The smallest absolute Gasteiger partial charge is 0.200 e. The molecule has 0 saturated carbocycles. The van der Waals surface area contributed by atoms with Gasteiger partial charge in [0.1, 0.15) is 7.05 Å². The summed E-state index contributed by atoms with van der Waals surface area (Å²) in [7, 11) is 0.812. The van der Waals surface area contributed by atoms with Crippen LogP contribution in [0, 0.1) is 6.92 Å². The molecule has 1 nitrogen and oxygen atoms in total. The summed E-state index contributed by atoms with van der Waals surface area (Å²) in [4.78, 5) is 2.74. The van der Waals surface area contributed by atoms with Crippen molar-refractivity contribution in [1.82, 2.24) is 0 Å². The summed E-state index contributed by atoms with van der Waals surface area (Å²) in [5, 5.41) is 9.72. The molecular formula is C28H26NSSi+. The summed E-state index contributed by atoms with van der Waals surface area (Å²) < 4.78 is 2.32. The minimum atomic E-state index is -1.38. The number of benzene rings is 4. The maximum atomic E-state index is 2.47. The number of aromatic nitrogens is 1. The van der Waals surface area contributed by atoms with Crippen molar-refractivity contribution < 1.29 is 4.57 Å². The van der Waals surface area contributed by atoms with Gasteiger partial charge in [0.15, 0.2) is 6.20 Å². The van der Waals surface area contributed by atoms with Crippen molar-refractivity contribution in [2.45, 2.75) is 36.4 Å². The Morgan fingerprint density at radius 2 is 1.52 bits per heavy atom. The number of nitrogens with zero attached hydrogens (tertiary/aromatic N) is 1. The molecule has 1 aromatic heterocycles. The number of fused-ring (bicyclic) bond motifs is 5. The summed E-state index contributed by atoms with van der Waals surface area (Å²) in [6.07, 6.45) is 2.25. The lowest BCUT2D eigenvalue weighted by molar-refractivity contribution is -0.659. The summed E-state index contributed by atoms with van der Waals surface area (Å²) >= 11 is 1.93. The third kappa shape index (κ3) is 2.73. The van der Waals surface area contributed by atoms with Crippen LogP contribution in [0.1, 0.15) is 5.56 Å². The van der Waals surface area contributed by atoms with Crippen LogP contribution in [0.5, 0.6) is 0 Å². The second-order valence-electron chi connectivity index (χ2n) is 9.82. The number of hydrogen-bond acceptors (Lipinski definition) is 1. The van der Waals surface area contributed by atoms with Crippen LogP contribution in [0.2, 0.25) is 19.6 Å².